The van der Waals surface area contributed by atoms with Gasteiger partial charge in [0.15, 0.2) is 5.96 Å². The summed E-state index contributed by atoms with van der Waals surface area (Å²) in [4.78, 5) is 20.5. The van der Waals surface area contributed by atoms with Gasteiger partial charge in [-0.1, -0.05) is 0 Å². The third-order valence-electron chi connectivity index (χ3n) is 5.38. The topological polar surface area (TPSA) is 106 Å². The van der Waals surface area contributed by atoms with Crippen molar-refractivity contribution in [1.29, 1.82) is 0 Å². The molecule has 1 amide bonds. The van der Waals surface area contributed by atoms with Crippen LogP contribution in [0.5, 0.6) is 0 Å². The Balaban J connectivity index is 1.53. The third-order valence-corrected chi connectivity index (χ3v) is 5.38. The molecule has 0 bridgehead atoms. The Morgan fingerprint density at radius 2 is 2.03 bits per heavy atom. The highest BCUT2D eigenvalue weighted by atomic mass is 16.6. The van der Waals surface area contributed by atoms with Gasteiger partial charge in [-0.3, -0.25) is 9.89 Å². The maximum atomic E-state index is 11.8. The molecule has 3 N–H and O–H groups in total. The molecule has 2 aliphatic heterocycles. The zero-order valence-corrected chi connectivity index (χ0v) is 17.4. The van der Waals surface area contributed by atoms with Gasteiger partial charge in [-0.05, 0) is 38.8 Å². The van der Waals surface area contributed by atoms with Crippen LogP contribution in [0.15, 0.2) is 21.5 Å². The maximum absolute atomic E-state index is 11.8. The van der Waals surface area contributed by atoms with Crippen LogP contribution in [0.3, 0.4) is 0 Å². The van der Waals surface area contributed by atoms with Crippen LogP contribution in [-0.2, 0) is 9.47 Å². The molecule has 3 heterocycles. The first-order valence-electron chi connectivity index (χ1n) is 10.4. The smallest absolute Gasteiger partial charge is 0.409 e. The van der Waals surface area contributed by atoms with Crippen LogP contribution in [0.2, 0.25) is 0 Å². The number of aliphatic imine (C=N–C) groups is 1. The summed E-state index contributed by atoms with van der Waals surface area (Å²) in [6.45, 7) is 9.12. The van der Waals surface area contributed by atoms with Crippen LogP contribution < -0.4 is 11.1 Å². The summed E-state index contributed by atoms with van der Waals surface area (Å²) in [6.07, 6.45) is 1.40. The highest BCUT2D eigenvalue weighted by Crippen LogP contribution is 2.24. The van der Waals surface area contributed by atoms with Crippen LogP contribution in [-0.4, -0.2) is 80.4 Å². The fourth-order valence-electron chi connectivity index (χ4n) is 3.77. The Morgan fingerprint density at radius 1 is 1.31 bits per heavy atom. The maximum Gasteiger partial charge on any atom is 0.409 e. The number of guanidine groups is 1. The number of hydrogen-bond acceptors (Lipinski definition) is 6. The summed E-state index contributed by atoms with van der Waals surface area (Å²) in [5, 5.41) is 3.30. The standard InChI is InChI=1S/C20H33N5O4/c1-3-28-20(26)25-8-6-16(7-9-25)23-19(21)22-14-17(18-5-4-15(2)29-18)24-10-12-27-13-11-24/h4-5,16-17H,3,6-14H2,1-2H3,(H3,21,22,23). The number of rotatable bonds is 6. The van der Waals surface area contributed by atoms with Crippen LogP contribution in [0.25, 0.3) is 0 Å². The van der Waals surface area contributed by atoms with Crippen LogP contribution in [0.4, 0.5) is 4.79 Å². The molecule has 29 heavy (non-hydrogen) atoms. The highest BCUT2D eigenvalue weighted by molar-refractivity contribution is 5.78. The third kappa shape index (κ3) is 6.11. The first kappa shape index (κ1) is 21.4. The average molecular weight is 408 g/mol. The monoisotopic (exact) mass is 407 g/mol. The Morgan fingerprint density at radius 3 is 2.66 bits per heavy atom. The van der Waals surface area contributed by atoms with E-state index in [4.69, 9.17) is 19.6 Å². The number of morpholine rings is 1. The number of nitrogens with two attached hydrogens (primary N) is 1. The molecule has 2 saturated heterocycles. The van der Waals surface area contributed by atoms with E-state index < -0.39 is 0 Å². The summed E-state index contributed by atoms with van der Waals surface area (Å²) >= 11 is 0. The fraction of sp³-hybridized carbons (Fsp3) is 0.700. The van der Waals surface area contributed by atoms with E-state index in [1.165, 1.54) is 0 Å². The van der Waals surface area contributed by atoms with Gasteiger partial charge in [0.1, 0.15) is 11.5 Å². The largest absolute Gasteiger partial charge is 0.465 e. The van der Waals surface area contributed by atoms with Crippen molar-refractivity contribution in [2.45, 2.75) is 38.8 Å². The van der Waals surface area contributed by atoms with E-state index in [0.717, 1.165) is 37.5 Å². The van der Waals surface area contributed by atoms with Crippen molar-refractivity contribution in [2.75, 3.05) is 52.5 Å². The first-order valence-corrected chi connectivity index (χ1v) is 10.4. The van der Waals surface area contributed by atoms with E-state index >= 15 is 0 Å². The minimum Gasteiger partial charge on any atom is -0.465 e. The summed E-state index contributed by atoms with van der Waals surface area (Å²) in [5.74, 6) is 2.23. The van der Waals surface area contributed by atoms with E-state index in [1.807, 2.05) is 26.0 Å². The normalized spacial score (nSPS) is 20.5. The number of furan rings is 1. The number of amides is 1. The molecule has 0 radical (unpaired) electrons. The molecule has 9 heteroatoms. The molecule has 1 aromatic rings. The van der Waals surface area contributed by atoms with Gasteiger partial charge in [-0.25, -0.2) is 4.79 Å². The van der Waals surface area contributed by atoms with E-state index in [9.17, 15) is 4.79 Å². The molecule has 1 unspecified atom stereocenters. The first-order chi connectivity index (χ1) is 14.1. The van der Waals surface area contributed by atoms with Gasteiger partial charge in [0.05, 0.1) is 32.4 Å². The van der Waals surface area contributed by atoms with Crippen LogP contribution >= 0.6 is 0 Å². The Kier molecular flexibility index (Phi) is 7.76. The van der Waals surface area contributed by atoms with E-state index in [2.05, 4.69) is 15.2 Å². The van der Waals surface area contributed by atoms with Crippen LogP contribution in [0.1, 0.15) is 37.3 Å². The van der Waals surface area contributed by atoms with Crippen molar-refractivity contribution in [3.05, 3.63) is 23.7 Å². The van der Waals surface area contributed by atoms with Crippen molar-refractivity contribution < 1.29 is 18.7 Å². The molecule has 0 saturated carbocycles. The molecule has 2 fully saturated rings. The van der Waals surface area contributed by atoms with E-state index in [0.29, 0.717) is 45.4 Å². The number of piperidine rings is 1. The van der Waals surface area contributed by atoms with Crippen molar-refractivity contribution >= 4 is 12.1 Å². The minimum absolute atomic E-state index is 0.0404. The molecule has 2 aliphatic rings. The second-order valence-corrected chi connectivity index (χ2v) is 7.44. The van der Waals surface area contributed by atoms with E-state index in [1.54, 1.807) is 4.90 Å². The number of likely N-dealkylation sites (tertiary alicyclic amines) is 1. The lowest BCUT2D eigenvalue weighted by molar-refractivity contribution is 0.0135. The SMILES string of the molecule is CCOC(=O)N1CCC(NC(N)=NCC(c2ccc(C)o2)N2CCOCC2)CC1. The van der Waals surface area contributed by atoms with Crippen molar-refractivity contribution in [3.8, 4) is 0 Å². The average Bonchev–Trinajstić information content (AvgIpc) is 3.15. The lowest BCUT2D eigenvalue weighted by Gasteiger charge is -2.33. The van der Waals surface area contributed by atoms with Gasteiger partial charge in [0, 0.05) is 32.2 Å². The fourth-order valence-corrected chi connectivity index (χ4v) is 3.77. The summed E-state index contributed by atoms with van der Waals surface area (Å²) < 4.78 is 16.4. The number of ether oxygens (including phenoxy) is 2. The van der Waals surface area contributed by atoms with Gasteiger partial charge >= 0.3 is 6.09 Å². The molecule has 0 spiro atoms. The lowest BCUT2D eigenvalue weighted by atomic mass is 10.1. The number of carbonyl (C=O) groups is 1. The molecular formula is C20H33N5O4. The number of nitrogens with one attached hydrogen (secondary N) is 1. The second kappa shape index (κ2) is 10.5. The molecule has 1 aromatic heterocycles. The zero-order valence-electron chi connectivity index (χ0n) is 17.4. The zero-order chi connectivity index (χ0) is 20.6. The Hall–Kier alpha value is -2.26. The predicted molar refractivity (Wildman–Crippen MR) is 110 cm³/mol. The second-order valence-electron chi connectivity index (χ2n) is 7.44. The van der Waals surface area contributed by atoms with Gasteiger partial charge in [0.25, 0.3) is 0 Å². The van der Waals surface area contributed by atoms with Gasteiger partial charge in [0.2, 0.25) is 0 Å². The number of aryl methyl sites for hydroxylation is 1. The van der Waals surface area contributed by atoms with E-state index in [-0.39, 0.29) is 18.2 Å². The summed E-state index contributed by atoms with van der Waals surface area (Å²) in [6, 6.07) is 4.24. The molecule has 3 rings (SSSR count). The minimum atomic E-state index is -0.241. The molecule has 1 atom stereocenters. The molecule has 162 valence electrons. The lowest BCUT2D eigenvalue weighted by Crippen LogP contribution is -2.48. The van der Waals surface area contributed by atoms with Gasteiger partial charge in [-0.2, -0.15) is 0 Å². The van der Waals surface area contributed by atoms with Crippen molar-refractivity contribution in [1.82, 2.24) is 15.1 Å². The van der Waals surface area contributed by atoms with Crippen LogP contribution in [0, 0.1) is 6.92 Å². The predicted octanol–water partition coefficient (Wildman–Crippen LogP) is 1.49. The summed E-state index contributed by atoms with van der Waals surface area (Å²) in [5.41, 5.74) is 6.17. The molecule has 9 nitrogen and oxygen atoms in total. The molecular weight excluding hydrogens is 374 g/mol. The number of hydrogen-bond donors (Lipinski definition) is 2. The number of carbonyl (C=O) groups excluding carboxylic acids is 1. The highest BCUT2D eigenvalue weighted by Gasteiger charge is 2.26. The van der Waals surface area contributed by atoms with Crippen molar-refractivity contribution in [2.24, 2.45) is 10.7 Å². The quantitative estimate of drug-likeness (QED) is 0.544. The van der Waals surface area contributed by atoms with Gasteiger partial charge < -0.3 is 29.8 Å². The van der Waals surface area contributed by atoms with Gasteiger partial charge in [-0.15, -0.1) is 0 Å². The number of nitrogens with zero attached hydrogens (tertiary/aromatic N) is 3. The molecule has 0 aliphatic carbocycles. The van der Waals surface area contributed by atoms with Crippen molar-refractivity contribution in [3.63, 3.8) is 0 Å². The summed E-state index contributed by atoms with van der Waals surface area (Å²) in [7, 11) is 0. The Labute approximate surface area is 172 Å². The molecule has 0 aromatic carbocycles. The Bertz CT molecular complexity index is 678.